The first-order chi connectivity index (χ1) is 6.09. The topological polar surface area (TPSA) is 55.0 Å². The number of hydrogen-bond donors (Lipinski definition) is 1. The number of nitrogens with zero attached hydrogens (tertiary/aromatic N) is 3. The van der Waals surface area contributed by atoms with E-state index >= 15 is 0 Å². The molecule has 0 amide bonds. The van der Waals surface area contributed by atoms with Crippen LogP contribution in [0, 0.1) is 5.92 Å². The summed E-state index contributed by atoms with van der Waals surface area (Å²) in [6.07, 6.45) is 3.25. The fourth-order valence-corrected chi connectivity index (χ4v) is 1.16. The third-order valence-electron chi connectivity index (χ3n) is 1.64. The minimum absolute atomic E-state index is 0.599. The maximum Gasteiger partial charge on any atom is 0.225 e. The molecule has 0 aliphatic carbocycles. The van der Waals surface area contributed by atoms with Crippen LogP contribution in [0.4, 0.5) is 11.6 Å². The lowest BCUT2D eigenvalue weighted by Crippen LogP contribution is -2.24. The Kier molecular flexibility index (Phi) is 3.06. The summed E-state index contributed by atoms with van der Waals surface area (Å²) in [5, 5.41) is 0. The number of nitrogen functional groups attached to an aromatic ring is 1. The van der Waals surface area contributed by atoms with E-state index in [2.05, 4.69) is 23.8 Å². The second-order valence-electron chi connectivity index (χ2n) is 3.59. The Hall–Kier alpha value is -1.32. The van der Waals surface area contributed by atoms with Gasteiger partial charge in [-0.2, -0.15) is 0 Å². The van der Waals surface area contributed by atoms with E-state index < -0.39 is 0 Å². The Balaban J connectivity index is 2.66. The molecule has 0 atom stereocenters. The molecule has 1 aromatic rings. The lowest BCUT2D eigenvalue weighted by Gasteiger charge is -2.18. The SMILES string of the molecule is CC(C)CN(C)c1ncc(N)cn1. The van der Waals surface area contributed by atoms with Gasteiger partial charge in [0.1, 0.15) is 0 Å². The van der Waals surface area contributed by atoms with E-state index in [4.69, 9.17) is 5.73 Å². The highest BCUT2D eigenvalue weighted by atomic mass is 15.2. The molecule has 0 spiro atoms. The monoisotopic (exact) mass is 180 g/mol. The largest absolute Gasteiger partial charge is 0.396 e. The fraction of sp³-hybridized carbons (Fsp3) is 0.556. The maximum absolute atomic E-state index is 5.48. The van der Waals surface area contributed by atoms with Gasteiger partial charge in [-0.3, -0.25) is 0 Å². The molecule has 0 fully saturated rings. The third-order valence-corrected chi connectivity index (χ3v) is 1.64. The molecule has 4 nitrogen and oxygen atoms in total. The normalized spacial score (nSPS) is 10.5. The van der Waals surface area contributed by atoms with Crippen molar-refractivity contribution in [1.29, 1.82) is 0 Å². The van der Waals surface area contributed by atoms with Crippen LogP contribution in [0.5, 0.6) is 0 Å². The highest BCUT2D eigenvalue weighted by molar-refractivity contribution is 5.37. The van der Waals surface area contributed by atoms with E-state index in [1.54, 1.807) is 12.4 Å². The molecule has 1 rings (SSSR count). The molecule has 0 radical (unpaired) electrons. The minimum atomic E-state index is 0.599. The third kappa shape index (κ3) is 2.89. The second kappa shape index (κ2) is 4.07. The first-order valence-corrected chi connectivity index (χ1v) is 4.38. The van der Waals surface area contributed by atoms with Crippen molar-refractivity contribution in [3.05, 3.63) is 12.4 Å². The second-order valence-corrected chi connectivity index (χ2v) is 3.59. The molecule has 2 N–H and O–H groups in total. The number of rotatable bonds is 3. The standard InChI is InChI=1S/C9H16N4/c1-7(2)6-13(3)9-11-4-8(10)5-12-9/h4-5,7H,6,10H2,1-3H3. The summed E-state index contributed by atoms with van der Waals surface area (Å²) in [4.78, 5) is 10.3. The van der Waals surface area contributed by atoms with Crippen LogP contribution < -0.4 is 10.6 Å². The van der Waals surface area contributed by atoms with Crippen molar-refractivity contribution in [3.8, 4) is 0 Å². The van der Waals surface area contributed by atoms with Gasteiger partial charge in [-0.25, -0.2) is 9.97 Å². The highest BCUT2D eigenvalue weighted by Gasteiger charge is 2.04. The Bertz CT molecular complexity index is 255. The molecule has 0 aliphatic heterocycles. The van der Waals surface area contributed by atoms with Gasteiger partial charge in [0.25, 0.3) is 0 Å². The first kappa shape index (κ1) is 9.77. The van der Waals surface area contributed by atoms with E-state index in [-0.39, 0.29) is 0 Å². The summed E-state index contributed by atoms with van der Waals surface area (Å²) in [6, 6.07) is 0. The molecule has 1 aromatic heterocycles. The van der Waals surface area contributed by atoms with Crippen LogP contribution in [-0.4, -0.2) is 23.6 Å². The number of hydrogen-bond acceptors (Lipinski definition) is 4. The summed E-state index contributed by atoms with van der Waals surface area (Å²) in [6.45, 7) is 5.27. The average Bonchev–Trinajstić information content (AvgIpc) is 2.04. The maximum atomic E-state index is 5.48. The highest BCUT2D eigenvalue weighted by Crippen LogP contribution is 2.07. The van der Waals surface area contributed by atoms with Crippen LogP contribution in [0.3, 0.4) is 0 Å². The van der Waals surface area contributed by atoms with E-state index in [9.17, 15) is 0 Å². The van der Waals surface area contributed by atoms with E-state index in [1.165, 1.54) is 0 Å². The summed E-state index contributed by atoms with van der Waals surface area (Å²) < 4.78 is 0. The fourth-order valence-electron chi connectivity index (χ4n) is 1.16. The minimum Gasteiger partial charge on any atom is -0.396 e. The molecular formula is C9H16N4. The molecule has 0 saturated heterocycles. The van der Waals surface area contributed by atoms with Gasteiger partial charge in [-0.15, -0.1) is 0 Å². The lowest BCUT2D eigenvalue weighted by atomic mass is 10.2. The molecule has 0 aliphatic rings. The van der Waals surface area contributed by atoms with Crippen LogP contribution >= 0.6 is 0 Å². The summed E-state index contributed by atoms with van der Waals surface area (Å²) in [5.74, 6) is 1.33. The van der Waals surface area contributed by atoms with Gasteiger partial charge >= 0.3 is 0 Å². The quantitative estimate of drug-likeness (QED) is 0.758. The molecule has 13 heavy (non-hydrogen) atoms. The van der Waals surface area contributed by atoms with Crippen molar-refractivity contribution >= 4 is 11.6 Å². The van der Waals surface area contributed by atoms with Crippen LogP contribution in [-0.2, 0) is 0 Å². The van der Waals surface area contributed by atoms with Crippen molar-refractivity contribution in [2.75, 3.05) is 24.2 Å². The first-order valence-electron chi connectivity index (χ1n) is 4.38. The molecule has 72 valence electrons. The molecule has 4 heteroatoms. The van der Waals surface area contributed by atoms with E-state index in [1.807, 2.05) is 11.9 Å². The van der Waals surface area contributed by atoms with Gasteiger partial charge in [0.05, 0.1) is 18.1 Å². The van der Waals surface area contributed by atoms with Gasteiger partial charge in [-0.05, 0) is 5.92 Å². The molecule has 1 heterocycles. The predicted molar refractivity (Wildman–Crippen MR) is 54.6 cm³/mol. The van der Waals surface area contributed by atoms with Gasteiger partial charge < -0.3 is 10.6 Å². The molecule has 0 unspecified atom stereocenters. The Morgan fingerprint density at radius 3 is 2.38 bits per heavy atom. The summed E-state index contributed by atoms with van der Waals surface area (Å²) in [7, 11) is 1.98. The van der Waals surface area contributed by atoms with Crippen LogP contribution in [0.1, 0.15) is 13.8 Å². The average molecular weight is 180 g/mol. The number of aromatic nitrogens is 2. The van der Waals surface area contributed by atoms with E-state index in [0.29, 0.717) is 11.6 Å². The smallest absolute Gasteiger partial charge is 0.225 e. The van der Waals surface area contributed by atoms with Crippen molar-refractivity contribution < 1.29 is 0 Å². The zero-order valence-corrected chi connectivity index (χ0v) is 8.36. The van der Waals surface area contributed by atoms with Gasteiger partial charge in [0.15, 0.2) is 0 Å². The van der Waals surface area contributed by atoms with Crippen molar-refractivity contribution in [1.82, 2.24) is 9.97 Å². The van der Waals surface area contributed by atoms with Gasteiger partial charge in [-0.1, -0.05) is 13.8 Å². The lowest BCUT2D eigenvalue weighted by molar-refractivity contribution is 0.630. The summed E-state index contributed by atoms with van der Waals surface area (Å²) >= 11 is 0. The Morgan fingerprint density at radius 2 is 1.92 bits per heavy atom. The van der Waals surface area contributed by atoms with Crippen LogP contribution in [0.15, 0.2) is 12.4 Å². The van der Waals surface area contributed by atoms with Crippen molar-refractivity contribution in [2.24, 2.45) is 5.92 Å². The van der Waals surface area contributed by atoms with Gasteiger partial charge in [0.2, 0.25) is 5.95 Å². The number of nitrogens with two attached hydrogens (primary N) is 1. The predicted octanol–water partition coefficient (Wildman–Crippen LogP) is 1.15. The van der Waals surface area contributed by atoms with Gasteiger partial charge in [0, 0.05) is 13.6 Å². The molecule has 0 aromatic carbocycles. The van der Waals surface area contributed by atoms with Crippen LogP contribution in [0.2, 0.25) is 0 Å². The zero-order valence-electron chi connectivity index (χ0n) is 8.36. The van der Waals surface area contributed by atoms with Crippen molar-refractivity contribution in [2.45, 2.75) is 13.8 Å². The molecule has 0 bridgehead atoms. The summed E-state index contributed by atoms with van der Waals surface area (Å²) in [5.41, 5.74) is 6.08. The van der Waals surface area contributed by atoms with Crippen LogP contribution in [0.25, 0.3) is 0 Å². The zero-order chi connectivity index (χ0) is 9.84. The molecular weight excluding hydrogens is 164 g/mol. The van der Waals surface area contributed by atoms with Crippen molar-refractivity contribution in [3.63, 3.8) is 0 Å². The Morgan fingerprint density at radius 1 is 1.38 bits per heavy atom. The Labute approximate surface area is 78.8 Å². The number of anilines is 2. The van der Waals surface area contributed by atoms with E-state index in [0.717, 1.165) is 12.5 Å². The molecule has 0 saturated carbocycles.